The summed E-state index contributed by atoms with van der Waals surface area (Å²) in [6.07, 6.45) is 0.817. The molecule has 4 heteroatoms. The normalized spacial score (nSPS) is 14.2. The molecule has 0 radical (unpaired) electrons. The molecule has 2 N–H and O–H groups in total. The summed E-state index contributed by atoms with van der Waals surface area (Å²) in [6.45, 7) is 3.89. The van der Waals surface area contributed by atoms with Crippen molar-refractivity contribution < 1.29 is 9.90 Å². The van der Waals surface area contributed by atoms with Crippen LogP contribution in [-0.4, -0.2) is 17.1 Å². The third kappa shape index (κ3) is 3.42. The highest BCUT2D eigenvalue weighted by molar-refractivity contribution is 6.30. The maximum Gasteiger partial charge on any atom is 0.326 e. The standard InChI is InChI=1S/C12H16ClNO2/c1-3-8(2)11(12(15)16)14-10-6-4-9(13)5-7-10/h4-8,11,14H,3H2,1-2H3,(H,15,16)/t8-,11-/m0/s1. The van der Waals surface area contributed by atoms with Crippen LogP contribution in [-0.2, 0) is 4.79 Å². The zero-order valence-electron chi connectivity index (χ0n) is 9.40. The SMILES string of the molecule is CC[C@H](C)[C@H](Nc1ccc(Cl)cc1)C(=O)O. The molecule has 0 aliphatic carbocycles. The number of anilines is 1. The quantitative estimate of drug-likeness (QED) is 0.832. The van der Waals surface area contributed by atoms with Crippen molar-refractivity contribution in [1.82, 2.24) is 0 Å². The van der Waals surface area contributed by atoms with Crippen LogP contribution in [0, 0.1) is 5.92 Å². The minimum atomic E-state index is -0.829. The minimum Gasteiger partial charge on any atom is -0.480 e. The van der Waals surface area contributed by atoms with Gasteiger partial charge in [0.25, 0.3) is 0 Å². The molecule has 2 atom stereocenters. The molecule has 0 aromatic heterocycles. The predicted molar refractivity (Wildman–Crippen MR) is 66.0 cm³/mol. The largest absolute Gasteiger partial charge is 0.480 e. The Morgan fingerprint density at radius 1 is 1.44 bits per heavy atom. The molecule has 0 aliphatic heterocycles. The number of carboxylic acids is 1. The fourth-order valence-corrected chi connectivity index (χ4v) is 1.53. The highest BCUT2D eigenvalue weighted by atomic mass is 35.5. The Morgan fingerprint density at radius 2 is 2.00 bits per heavy atom. The molecule has 0 bridgehead atoms. The van der Waals surface area contributed by atoms with E-state index in [4.69, 9.17) is 16.7 Å². The number of rotatable bonds is 5. The van der Waals surface area contributed by atoms with E-state index in [0.717, 1.165) is 12.1 Å². The van der Waals surface area contributed by atoms with E-state index in [0.29, 0.717) is 5.02 Å². The van der Waals surface area contributed by atoms with Gasteiger partial charge >= 0.3 is 5.97 Å². The van der Waals surface area contributed by atoms with Crippen LogP contribution < -0.4 is 5.32 Å². The Labute approximate surface area is 100 Å². The molecule has 0 spiro atoms. The second-order valence-electron chi connectivity index (χ2n) is 3.85. The molecule has 1 aromatic rings. The topological polar surface area (TPSA) is 49.3 Å². The van der Waals surface area contributed by atoms with Crippen molar-refractivity contribution in [2.24, 2.45) is 5.92 Å². The van der Waals surface area contributed by atoms with Crippen LogP contribution >= 0.6 is 11.6 Å². The first-order valence-corrected chi connectivity index (χ1v) is 5.67. The van der Waals surface area contributed by atoms with E-state index in [9.17, 15) is 4.79 Å². The van der Waals surface area contributed by atoms with Gasteiger partial charge in [-0.2, -0.15) is 0 Å². The zero-order valence-corrected chi connectivity index (χ0v) is 10.2. The lowest BCUT2D eigenvalue weighted by molar-refractivity contribution is -0.139. The molecule has 0 saturated carbocycles. The van der Waals surface area contributed by atoms with Gasteiger partial charge in [0.1, 0.15) is 6.04 Å². The van der Waals surface area contributed by atoms with Crippen molar-refractivity contribution in [1.29, 1.82) is 0 Å². The summed E-state index contributed by atoms with van der Waals surface area (Å²) in [6, 6.07) is 6.46. The molecule has 1 rings (SSSR count). The number of carboxylic acid groups (broad SMARTS) is 1. The highest BCUT2D eigenvalue weighted by Crippen LogP contribution is 2.18. The van der Waals surface area contributed by atoms with Gasteiger partial charge in [-0.15, -0.1) is 0 Å². The molecule has 1 aromatic carbocycles. The number of hydrogen-bond acceptors (Lipinski definition) is 2. The van der Waals surface area contributed by atoms with Crippen LogP contribution in [0.25, 0.3) is 0 Å². The number of nitrogens with one attached hydrogen (secondary N) is 1. The van der Waals surface area contributed by atoms with Gasteiger partial charge < -0.3 is 10.4 Å². The first-order valence-electron chi connectivity index (χ1n) is 5.29. The molecule has 3 nitrogen and oxygen atoms in total. The maximum atomic E-state index is 11.1. The van der Waals surface area contributed by atoms with Crippen LogP contribution in [0.15, 0.2) is 24.3 Å². The van der Waals surface area contributed by atoms with Gasteiger partial charge in [0, 0.05) is 10.7 Å². The van der Waals surface area contributed by atoms with Crippen LogP contribution in [0.1, 0.15) is 20.3 Å². The predicted octanol–water partition coefficient (Wildman–Crippen LogP) is 3.25. The van der Waals surface area contributed by atoms with E-state index in [1.165, 1.54) is 0 Å². The number of halogens is 1. The lowest BCUT2D eigenvalue weighted by Gasteiger charge is -2.21. The van der Waals surface area contributed by atoms with Crippen molar-refractivity contribution in [3.05, 3.63) is 29.3 Å². The third-order valence-electron chi connectivity index (χ3n) is 2.65. The summed E-state index contributed by atoms with van der Waals surface area (Å²) in [4.78, 5) is 11.1. The summed E-state index contributed by atoms with van der Waals surface area (Å²) in [5.41, 5.74) is 0.775. The van der Waals surface area contributed by atoms with Gasteiger partial charge in [0.15, 0.2) is 0 Å². The maximum absolute atomic E-state index is 11.1. The summed E-state index contributed by atoms with van der Waals surface area (Å²) in [7, 11) is 0. The Hall–Kier alpha value is -1.22. The minimum absolute atomic E-state index is 0.0770. The second kappa shape index (κ2) is 5.75. The van der Waals surface area contributed by atoms with E-state index < -0.39 is 12.0 Å². The molecular formula is C12H16ClNO2. The summed E-state index contributed by atoms with van der Waals surface area (Å²) >= 11 is 5.76. The highest BCUT2D eigenvalue weighted by Gasteiger charge is 2.22. The average molecular weight is 242 g/mol. The van der Waals surface area contributed by atoms with Crippen molar-refractivity contribution in [2.45, 2.75) is 26.3 Å². The first-order chi connectivity index (χ1) is 7.54. The van der Waals surface area contributed by atoms with E-state index in [1.54, 1.807) is 24.3 Å². The van der Waals surface area contributed by atoms with Gasteiger partial charge in [-0.3, -0.25) is 0 Å². The van der Waals surface area contributed by atoms with E-state index >= 15 is 0 Å². The monoisotopic (exact) mass is 241 g/mol. The van der Waals surface area contributed by atoms with Crippen LogP contribution in [0.2, 0.25) is 5.02 Å². The molecule has 88 valence electrons. The number of aliphatic carboxylic acids is 1. The Balaban J connectivity index is 2.75. The van der Waals surface area contributed by atoms with Gasteiger partial charge in [0.2, 0.25) is 0 Å². The van der Waals surface area contributed by atoms with Gasteiger partial charge in [-0.05, 0) is 30.2 Å². The third-order valence-corrected chi connectivity index (χ3v) is 2.90. The molecule has 0 aliphatic rings. The van der Waals surface area contributed by atoms with Crippen molar-refractivity contribution in [3.63, 3.8) is 0 Å². The molecule has 0 heterocycles. The summed E-state index contributed by atoms with van der Waals surface area (Å²) < 4.78 is 0. The van der Waals surface area contributed by atoms with Crippen LogP contribution in [0.5, 0.6) is 0 Å². The lowest BCUT2D eigenvalue weighted by Crippen LogP contribution is -2.35. The summed E-state index contributed by atoms with van der Waals surface area (Å²) in [5, 5.41) is 12.7. The molecule has 0 fully saturated rings. The Bertz CT molecular complexity index is 351. The molecule has 0 amide bonds. The van der Waals surface area contributed by atoms with Gasteiger partial charge in [-0.25, -0.2) is 4.79 Å². The lowest BCUT2D eigenvalue weighted by atomic mass is 9.99. The van der Waals surface area contributed by atoms with Crippen molar-refractivity contribution >= 4 is 23.3 Å². The molecule has 0 saturated heterocycles. The number of benzene rings is 1. The molecular weight excluding hydrogens is 226 g/mol. The van der Waals surface area contributed by atoms with Crippen LogP contribution in [0.4, 0.5) is 5.69 Å². The van der Waals surface area contributed by atoms with Gasteiger partial charge in [0.05, 0.1) is 0 Å². The van der Waals surface area contributed by atoms with Crippen LogP contribution in [0.3, 0.4) is 0 Å². The smallest absolute Gasteiger partial charge is 0.326 e. The Morgan fingerprint density at radius 3 is 2.44 bits per heavy atom. The van der Waals surface area contributed by atoms with Gasteiger partial charge in [-0.1, -0.05) is 31.9 Å². The van der Waals surface area contributed by atoms with E-state index in [1.807, 2.05) is 13.8 Å². The first kappa shape index (κ1) is 12.8. The average Bonchev–Trinajstić information content (AvgIpc) is 2.27. The molecule has 0 unspecified atom stereocenters. The number of carbonyl (C=O) groups is 1. The van der Waals surface area contributed by atoms with Crippen molar-refractivity contribution in [2.75, 3.05) is 5.32 Å². The fourth-order valence-electron chi connectivity index (χ4n) is 1.41. The molecule has 16 heavy (non-hydrogen) atoms. The Kier molecular flexibility index (Phi) is 4.62. The summed E-state index contributed by atoms with van der Waals surface area (Å²) in [5.74, 6) is -0.752. The fraction of sp³-hybridized carbons (Fsp3) is 0.417. The van der Waals surface area contributed by atoms with E-state index in [-0.39, 0.29) is 5.92 Å². The second-order valence-corrected chi connectivity index (χ2v) is 4.29. The zero-order chi connectivity index (χ0) is 12.1. The number of hydrogen-bond donors (Lipinski definition) is 2. The van der Waals surface area contributed by atoms with E-state index in [2.05, 4.69) is 5.32 Å². The van der Waals surface area contributed by atoms with Crippen molar-refractivity contribution in [3.8, 4) is 0 Å².